The molecule has 1 heterocycles. The van der Waals surface area contributed by atoms with E-state index in [1.54, 1.807) is 29.2 Å². The number of hydrogen-bond donors (Lipinski definition) is 0. The molecule has 0 aliphatic carbocycles. The van der Waals surface area contributed by atoms with Crippen LogP contribution in [0.3, 0.4) is 0 Å². The fraction of sp³-hybridized carbons (Fsp3) is 0.350. The molecule has 1 amide bonds. The van der Waals surface area contributed by atoms with E-state index in [-0.39, 0.29) is 16.4 Å². The lowest BCUT2D eigenvalue weighted by molar-refractivity contribution is -0.137. The molecular weight excluding hydrogens is 405 g/mol. The Morgan fingerprint density at radius 2 is 1.52 bits per heavy atom. The van der Waals surface area contributed by atoms with E-state index < -0.39 is 21.6 Å². The highest BCUT2D eigenvalue weighted by Crippen LogP contribution is 2.29. The van der Waals surface area contributed by atoms with Crippen molar-refractivity contribution in [2.24, 2.45) is 0 Å². The Hall–Kier alpha value is -2.55. The topological polar surface area (TPSA) is 57.7 Å². The first-order valence-electron chi connectivity index (χ1n) is 9.07. The number of amides is 1. The van der Waals surface area contributed by atoms with Gasteiger partial charge < -0.3 is 9.80 Å². The van der Waals surface area contributed by atoms with Gasteiger partial charge in [0.15, 0.2) is 9.84 Å². The average molecular weight is 426 g/mol. The Kier molecular flexibility index (Phi) is 5.88. The molecule has 1 saturated heterocycles. The lowest BCUT2D eigenvalue weighted by Crippen LogP contribution is -2.35. The molecule has 0 bridgehead atoms. The van der Waals surface area contributed by atoms with Gasteiger partial charge in [-0.2, -0.15) is 13.2 Å². The third-order valence-corrected chi connectivity index (χ3v) is 6.00. The summed E-state index contributed by atoms with van der Waals surface area (Å²) in [5.41, 5.74) is 0.304. The smallest absolute Gasteiger partial charge is 0.370 e. The fourth-order valence-electron chi connectivity index (χ4n) is 3.27. The van der Waals surface area contributed by atoms with E-state index in [0.29, 0.717) is 32.6 Å². The highest BCUT2D eigenvalue weighted by molar-refractivity contribution is 7.90. The van der Waals surface area contributed by atoms with Crippen LogP contribution in [0.4, 0.5) is 18.9 Å². The van der Waals surface area contributed by atoms with Gasteiger partial charge in [0.1, 0.15) is 0 Å². The van der Waals surface area contributed by atoms with Crippen molar-refractivity contribution in [3.8, 4) is 0 Å². The summed E-state index contributed by atoms with van der Waals surface area (Å²) in [6.45, 7) is 2.16. The number of nitrogens with zero attached hydrogens (tertiary/aromatic N) is 2. The summed E-state index contributed by atoms with van der Waals surface area (Å²) in [6.07, 6.45) is -2.59. The maximum atomic E-state index is 12.7. The quantitative estimate of drug-likeness (QED) is 0.754. The number of carbonyl (C=O) groups excluding carboxylic acids is 1. The maximum Gasteiger partial charge on any atom is 0.416 e. The molecule has 0 saturated carbocycles. The zero-order chi connectivity index (χ0) is 21.2. The minimum atomic E-state index is -4.43. The van der Waals surface area contributed by atoms with Crippen molar-refractivity contribution in [1.82, 2.24) is 4.90 Å². The zero-order valence-corrected chi connectivity index (χ0v) is 16.6. The van der Waals surface area contributed by atoms with E-state index in [0.717, 1.165) is 24.1 Å². The van der Waals surface area contributed by atoms with E-state index in [4.69, 9.17) is 0 Å². The molecule has 1 aliphatic heterocycles. The molecule has 5 nitrogen and oxygen atoms in total. The van der Waals surface area contributed by atoms with Crippen LogP contribution in [0.5, 0.6) is 0 Å². The van der Waals surface area contributed by atoms with Crippen LogP contribution in [-0.2, 0) is 16.0 Å². The van der Waals surface area contributed by atoms with Gasteiger partial charge >= 0.3 is 6.18 Å². The van der Waals surface area contributed by atoms with E-state index in [1.165, 1.54) is 12.1 Å². The van der Waals surface area contributed by atoms with Gasteiger partial charge in [-0.05, 0) is 55.0 Å². The van der Waals surface area contributed by atoms with Crippen LogP contribution in [0.25, 0.3) is 0 Å². The molecule has 2 aromatic carbocycles. The summed E-state index contributed by atoms with van der Waals surface area (Å²) in [7, 11) is -3.26. The lowest BCUT2D eigenvalue weighted by Gasteiger charge is -2.24. The van der Waals surface area contributed by atoms with Gasteiger partial charge in [0.05, 0.1) is 10.5 Å². The van der Waals surface area contributed by atoms with Crippen LogP contribution < -0.4 is 4.90 Å². The molecule has 156 valence electrons. The summed E-state index contributed by atoms with van der Waals surface area (Å²) in [4.78, 5) is 16.6. The van der Waals surface area contributed by atoms with Crippen molar-refractivity contribution in [3.05, 3.63) is 59.7 Å². The summed E-state index contributed by atoms with van der Waals surface area (Å²) in [5, 5.41) is 0. The van der Waals surface area contributed by atoms with Gasteiger partial charge in [0.25, 0.3) is 5.91 Å². The van der Waals surface area contributed by atoms with Gasteiger partial charge in [0.2, 0.25) is 0 Å². The van der Waals surface area contributed by atoms with Crippen LogP contribution in [0.1, 0.15) is 22.3 Å². The third-order valence-electron chi connectivity index (χ3n) is 4.87. The van der Waals surface area contributed by atoms with Crippen LogP contribution >= 0.6 is 0 Å². The largest absolute Gasteiger partial charge is 0.416 e. The van der Waals surface area contributed by atoms with E-state index >= 15 is 0 Å². The number of hydrogen-bond acceptors (Lipinski definition) is 4. The van der Waals surface area contributed by atoms with Crippen molar-refractivity contribution in [1.29, 1.82) is 0 Å². The summed E-state index contributed by atoms with van der Waals surface area (Å²) in [6, 6.07) is 10.8. The van der Waals surface area contributed by atoms with Crippen LogP contribution in [-0.4, -0.2) is 51.7 Å². The predicted octanol–water partition coefficient (Wildman–Crippen LogP) is 3.46. The second kappa shape index (κ2) is 8.06. The second-order valence-corrected chi connectivity index (χ2v) is 8.99. The number of sulfone groups is 1. The van der Waals surface area contributed by atoms with Gasteiger partial charge in [-0.15, -0.1) is 0 Å². The van der Waals surface area contributed by atoms with Crippen molar-refractivity contribution in [2.75, 3.05) is 37.3 Å². The molecule has 0 unspecified atom stereocenters. The molecule has 0 aromatic heterocycles. The van der Waals surface area contributed by atoms with Crippen molar-refractivity contribution in [2.45, 2.75) is 17.5 Å². The molecule has 1 aliphatic rings. The predicted molar refractivity (Wildman–Crippen MR) is 104 cm³/mol. The molecule has 9 heteroatoms. The third kappa shape index (κ3) is 5.09. The molecule has 0 N–H and O–H groups in total. The molecule has 0 atom stereocenters. The number of alkyl halides is 3. The Balaban J connectivity index is 1.67. The van der Waals surface area contributed by atoms with E-state index in [1.807, 2.05) is 0 Å². The number of carbonyl (C=O) groups is 1. The van der Waals surface area contributed by atoms with Crippen molar-refractivity contribution < 1.29 is 26.4 Å². The molecular formula is C20H21F3N2O3S. The molecule has 29 heavy (non-hydrogen) atoms. The fourth-order valence-corrected chi connectivity index (χ4v) is 3.90. The molecule has 0 spiro atoms. The summed E-state index contributed by atoms with van der Waals surface area (Å²) in [5.74, 6) is -0.298. The summed E-state index contributed by atoms with van der Waals surface area (Å²) >= 11 is 0. The van der Waals surface area contributed by atoms with Crippen LogP contribution in [0.15, 0.2) is 53.4 Å². The second-order valence-electron chi connectivity index (χ2n) is 6.97. The van der Waals surface area contributed by atoms with Crippen LogP contribution in [0, 0.1) is 0 Å². The SMILES string of the molecule is CS(=O)(=O)c1ccc(N2CCCN(C(=O)c3ccc(C(F)(F)F)cc3)CC2)cc1. The summed E-state index contributed by atoms with van der Waals surface area (Å²) < 4.78 is 61.2. The number of rotatable bonds is 3. The minimum absolute atomic E-state index is 0.226. The molecule has 3 rings (SSSR count). The van der Waals surface area contributed by atoms with Gasteiger partial charge in [0, 0.05) is 43.7 Å². The normalized spacial score (nSPS) is 15.9. The van der Waals surface area contributed by atoms with E-state index in [9.17, 15) is 26.4 Å². The van der Waals surface area contributed by atoms with Gasteiger partial charge in [-0.3, -0.25) is 4.79 Å². The van der Waals surface area contributed by atoms with Gasteiger partial charge in [-0.1, -0.05) is 0 Å². The monoisotopic (exact) mass is 426 g/mol. The zero-order valence-electron chi connectivity index (χ0n) is 15.8. The average Bonchev–Trinajstić information content (AvgIpc) is 2.92. The Morgan fingerprint density at radius 3 is 2.07 bits per heavy atom. The molecule has 0 radical (unpaired) electrons. The highest BCUT2D eigenvalue weighted by Gasteiger charge is 2.30. The molecule has 2 aromatic rings. The number of benzene rings is 2. The number of anilines is 1. The van der Waals surface area contributed by atoms with Crippen molar-refractivity contribution >= 4 is 21.4 Å². The van der Waals surface area contributed by atoms with Crippen LogP contribution in [0.2, 0.25) is 0 Å². The first-order valence-corrected chi connectivity index (χ1v) is 11.0. The Bertz CT molecular complexity index is 972. The molecule has 1 fully saturated rings. The number of halogens is 3. The maximum absolute atomic E-state index is 12.7. The first-order chi connectivity index (χ1) is 13.6. The van der Waals surface area contributed by atoms with Gasteiger partial charge in [-0.25, -0.2) is 8.42 Å². The minimum Gasteiger partial charge on any atom is -0.370 e. The Morgan fingerprint density at radius 1 is 0.897 bits per heavy atom. The van der Waals surface area contributed by atoms with Crippen molar-refractivity contribution in [3.63, 3.8) is 0 Å². The first kappa shape index (κ1) is 21.2. The van der Waals surface area contributed by atoms with E-state index in [2.05, 4.69) is 4.90 Å². The standard InChI is InChI=1S/C20H21F3N2O3S/c1-29(27,28)18-9-7-17(8-10-18)24-11-2-12-25(14-13-24)19(26)15-3-5-16(6-4-15)20(21,22)23/h3-10H,2,11-14H2,1H3. The Labute approximate surface area is 167 Å². The highest BCUT2D eigenvalue weighted by atomic mass is 32.2. The lowest BCUT2D eigenvalue weighted by atomic mass is 10.1.